The van der Waals surface area contributed by atoms with Gasteiger partial charge in [-0.1, -0.05) is 78.4 Å². The summed E-state index contributed by atoms with van der Waals surface area (Å²) in [5.41, 5.74) is 1.57. The minimum Gasteiger partial charge on any atom is -0.507 e. The lowest BCUT2D eigenvalue weighted by Gasteiger charge is -2.22. The lowest BCUT2D eigenvalue weighted by atomic mass is 9.95. The minimum atomic E-state index is -1.04. The van der Waals surface area contributed by atoms with E-state index in [9.17, 15) is 19.1 Å². The summed E-state index contributed by atoms with van der Waals surface area (Å²) in [6.45, 7) is 2.64. The maximum atomic E-state index is 13.8. The van der Waals surface area contributed by atoms with Crippen LogP contribution in [0, 0.1) is 5.82 Å². The summed E-state index contributed by atoms with van der Waals surface area (Å²) < 4.78 is 20.1. The lowest BCUT2D eigenvalue weighted by molar-refractivity contribution is -0.132. The highest BCUT2D eigenvalue weighted by Crippen LogP contribution is 2.44. The van der Waals surface area contributed by atoms with Crippen LogP contribution in [0.2, 0.25) is 5.02 Å². The second kappa shape index (κ2) is 12.8. The molecule has 4 aromatic rings. The van der Waals surface area contributed by atoms with Crippen molar-refractivity contribution >= 4 is 57.3 Å². The van der Waals surface area contributed by atoms with Gasteiger partial charge in [-0.3, -0.25) is 14.5 Å². The molecule has 1 amide bonds. The van der Waals surface area contributed by atoms with E-state index in [1.165, 1.54) is 40.9 Å². The molecule has 210 valence electrons. The number of nitrogens with zero attached hydrogens (tertiary/aromatic N) is 3. The van der Waals surface area contributed by atoms with Gasteiger partial charge in [0.15, 0.2) is 4.34 Å². The summed E-state index contributed by atoms with van der Waals surface area (Å²) in [6, 6.07) is 18.5. The van der Waals surface area contributed by atoms with E-state index < -0.39 is 23.5 Å². The molecule has 1 aromatic heterocycles. The molecular formula is C30H25ClFN3O4S2. The predicted molar refractivity (Wildman–Crippen MR) is 159 cm³/mol. The summed E-state index contributed by atoms with van der Waals surface area (Å²) in [5.74, 6) is -1.40. The van der Waals surface area contributed by atoms with E-state index in [1.54, 1.807) is 30.3 Å². The normalized spacial score (nSPS) is 16.4. The molecule has 1 aliphatic heterocycles. The quantitative estimate of drug-likeness (QED) is 0.0499. The smallest absolute Gasteiger partial charge is 0.301 e. The fourth-order valence-corrected chi connectivity index (χ4v) is 6.46. The van der Waals surface area contributed by atoms with Crippen LogP contribution in [-0.2, 0) is 15.3 Å². The number of rotatable bonds is 10. The largest absolute Gasteiger partial charge is 0.507 e. The van der Waals surface area contributed by atoms with Crippen LogP contribution < -0.4 is 9.64 Å². The molecule has 0 aliphatic carbocycles. The van der Waals surface area contributed by atoms with Crippen molar-refractivity contribution in [2.45, 2.75) is 35.9 Å². The third-order valence-corrected chi connectivity index (χ3v) is 8.91. The van der Waals surface area contributed by atoms with Crippen molar-refractivity contribution in [1.29, 1.82) is 0 Å². The molecule has 1 atom stereocenters. The number of halogens is 2. The third-order valence-electron chi connectivity index (χ3n) is 6.44. The first-order valence-corrected chi connectivity index (χ1v) is 15.0. The van der Waals surface area contributed by atoms with Crippen LogP contribution in [0.1, 0.15) is 42.5 Å². The molecule has 1 aliphatic rings. The van der Waals surface area contributed by atoms with E-state index in [4.69, 9.17) is 16.3 Å². The number of thioether (sulfide) groups is 1. The molecule has 1 saturated heterocycles. The van der Waals surface area contributed by atoms with Crippen LogP contribution in [0.4, 0.5) is 9.52 Å². The molecule has 7 nitrogen and oxygen atoms in total. The van der Waals surface area contributed by atoms with Gasteiger partial charge in [-0.15, -0.1) is 10.2 Å². The zero-order chi connectivity index (χ0) is 28.9. The number of aromatic nitrogens is 2. The first-order valence-electron chi connectivity index (χ1n) is 12.9. The Morgan fingerprint density at radius 3 is 2.51 bits per heavy atom. The van der Waals surface area contributed by atoms with Crippen molar-refractivity contribution in [2.75, 3.05) is 11.5 Å². The van der Waals surface area contributed by atoms with Gasteiger partial charge < -0.3 is 9.84 Å². The molecule has 11 heteroatoms. The van der Waals surface area contributed by atoms with Crippen LogP contribution >= 0.6 is 34.7 Å². The summed E-state index contributed by atoms with van der Waals surface area (Å²) in [4.78, 5) is 28.0. The van der Waals surface area contributed by atoms with Crippen LogP contribution in [0.25, 0.3) is 5.76 Å². The number of aliphatic hydroxyl groups is 1. The van der Waals surface area contributed by atoms with Gasteiger partial charge in [0, 0.05) is 16.3 Å². The molecule has 0 bridgehead atoms. The number of anilines is 1. The molecule has 3 aromatic carbocycles. The topological polar surface area (TPSA) is 92.6 Å². The Morgan fingerprint density at radius 1 is 1.07 bits per heavy atom. The number of carbonyl (C=O) groups is 2. The van der Waals surface area contributed by atoms with Crippen LogP contribution in [-0.4, -0.2) is 33.6 Å². The van der Waals surface area contributed by atoms with E-state index in [0.29, 0.717) is 38.6 Å². The molecule has 0 radical (unpaired) electrons. The second-order valence-corrected chi connectivity index (χ2v) is 11.8. The number of hydrogen-bond donors (Lipinski definition) is 1. The highest BCUT2D eigenvalue weighted by atomic mass is 35.5. The summed E-state index contributed by atoms with van der Waals surface area (Å²) in [7, 11) is 0. The number of aliphatic hydroxyl groups excluding tert-OH is 1. The third kappa shape index (κ3) is 6.29. The van der Waals surface area contributed by atoms with Crippen molar-refractivity contribution in [1.82, 2.24) is 10.2 Å². The second-order valence-electron chi connectivity index (χ2n) is 9.18. The Balaban J connectivity index is 1.49. The van der Waals surface area contributed by atoms with Crippen molar-refractivity contribution in [3.8, 4) is 5.75 Å². The van der Waals surface area contributed by atoms with Gasteiger partial charge in [-0.2, -0.15) is 0 Å². The highest BCUT2D eigenvalue weighted by molar-refractivity contribution is 8.00. The number of ketones is 1. The van der Waals surface area contributed by atoms with E-state index in [1.807, 2.05) is 18.2 Å². The van der Waals surface area contributed by atoms with Gasteiger partial charge in [0.25, 0.3) is 5.78 Å². The molecule has 1 N–H and O–H groups in total. The number of unbranched alkanes of at least 4 members (excludes halogenated alkanes) is 1. The molecule has 41 heavy (non-hydrogen) atoms. The Morgan fingerprint density at radius 2 is 1.80 bits per heavy atom. The van der Waals surface area contributed by atoms with Crippen LogP contribution in [0.5, 0.6) is 5.75 Å². The number of hydrogen-bond acceptors (Lipinski definition) is 8. The molecular weight excluding hydrogens is 585 g/mol. The SMILES string of the molecule is CCCCOc1ccc(/C(O)=C2\C(=O)C(=O)N(c3nnc(SCc4ccccc4Cl)s3)C2c2ccc(F)cc2)cc1. The Labute approximate surface area is 249 Å². The van der Waals surface area contributed by atoms with E-state index in [0.717, 1.165) is 29.7 Å². The van der Waals surface area contributed by atoms with Gasteiger partial charge in [-0.05, 0) is 60.0 Å². The van der Waals surface area contributed by atoms with E-state index in [2.05, 4.69) is 17.1 Å². The van der Waals surface area contributed by atoms with Gasteiger partial charge in [-0.25, -0.2) is 4.39 Å². The maximum Gasteiger partial charge on any atom is 0.301 e. The molecule has 0 saturated carbocycles. The number of ether oxygens (including phenoxy) is 1. The molecule has 0 spiro atoms. The maximum absolute atomic E-state index is 13.8. The van der Waals surface area contributed by atoms with Gasteiger partial charge in [0.2, 0.25) is 5.13 Å². The lowest BCUT2D eigenvalue weighted by Crippen LogP contribution is -2.29. The van der Waals surface area contributed by atoms with Crippen molar-refractivity contribution in [3.63, 3.8) is 0 Å². The number of amides is 1. The molecule has 5 rings (SSSR count). The van der Waals surface area contributed by atoms with Gasteiger partial charge in [0.1, 0.15) is 17.3 Å². The number of carbonyl (C=O) groups excluding carboxylic acids is 2. The predicted octanol–water partition coefficient (Wildman–Crippen LogP) is 7.43. The van der Waals surface area contributed by atoms with Gasteiger partial charge in [0.05, 0.1) is 18.2 Å². The summed E-state index contributed by atoms with van der Waals surface area (Å²) in [5, 5.41) is 20.5. The first kappa shape index (κ1) is 28.8. The van der Waals surface area contributed by atoms with E-state index in [-0.39, 0.29) is 16.5 Å². The molecule has 1 unspecified atom stereocenters. The summed E-state index contributed by atoms with van der Waals surface area (Å²) in [6.07, 6.45) is 1.91. The van der Waals surface area contributed by atoms with Crippen molar-refractivity contribution < 1.29 is 23.8 Å². The Hall–Kier alpha value is -3.73. The standard InChI is InChI=1S/C30H25ClFN3O4S2/c1-2-3-16-39-22-14-10-19(11-15-22)26(36)24-25(18-8-12-21(32)13-9-18)35(28(38)27(24)37)29-33-34-30(41-29)40-17-20-6-4-5-7-23(20)31/h4-15,25,36H,2-3,16-17H2,1H3/b26-24+. The monoisotopic (exact) mass is 609 g/mol. The highest BCUT2D eigenvalue weighted by Gasteiger charge is 2.48. The van der Waals surface area contributed by atoms with Crippen molar-refractivity contribution in [2.24, 2.45) is 0 Å². The zero-order valence-electron chi connectivity index (χ0n) is 21.9. The Kier molecular flexibility index (Phi) is 9.02. The zero-order valence-corrected chi connectivity index (χ0v) is 24.3. The van der Waals surface area contributed by atoms with Crippen LogP contribution in [0.15, 0.2) is 82.7 Å². The fourth-order valence-electron chi connectivity index (χ4n) is 4.30. The molecule has 2 heterocycles. The number of Topliss-reactive ketones (excluding diaryl/α,β-unsaturated/α-hetero) is 1. The first-order chi connectivity index (χ1) is 19.9. The average Bonchev–Trinajstić information content (AvgIpc) is 3.55. The van der Waals surface area contributed by atoms with Gasteiger partial charge >= 0.3 is 5.91 Å². The fraction of sp³-hybridized carbons (Fsp3) is 0.200. The molecule has 1 fully saturated rings. The number of benzene rings is 3. The average molecular weight is 610 g/mol. The Bertz CT molecular complexity index is 1590. The van der Waals surface area contributed by atoms with E-state index >= 15 is 0 Å². The summed E-state index contributed by atoms with van der Waals surface area (Å²) >= 11 is 8.80. The van der Waals surface area contributed by atoms with Crippen LogP contribution in [0.3, 0.4) is 0 Å². The minimum absolute atomic E-state index is 0.123. The van der Waals surface area contributed by atoms with Crippen molar-refractivity contribution in [3.05, 3.63) is 106 Å².